The molecule has 1 aliphatic heterocycles. The Morgan fingerprint density at radius 2 is 2.29 bits per heavy atom. The van der Waals surface area contributed by atoms with E-state index in [0.717, 1.165) is 36.2 Å². The van der Waals surface area contributed by atoms with E-state index in [2.05, 4.69) is 14.3 Å². The monoisotopic (exact) mass is 323 g/mol. The Kier molecular flexibility index (Phi) is 4.60. The van der Waals surface area contributed by atoms with Crippen molar-refractivity contribution in [3.63, 3.8) is 0 Å². The number of hydrogen-bond donors (Lipinski definition) is 0. The van der Waals surface area contributed by atoms with E-state index in [1.165, 1.54) is 18.0 Å². The van der Waals surface area contributed by atoms with Crippen LogP contribution in [-0.2, 0) is 0 Å². The molecule has 1 aromatic carbocycles. The van der Waals surface area contributed by atoms with Crippen molar-refractivity contribution in [1.29, 1.82) is 0 Å². The van der Waals surface area contributed by atoms with Crippen LogP contribution in [0.25, 0.3) is 0 Å². The SMILES string of the molecule is Cc1nsc(N2CCCC(COc3ccccc3Cl)C2)n1. The summed E-state index contributed by atoms with van der Waals surface area (Å²) in [5.74, 6) is 2.12. The number of piperidine rings is 1. The van der Waals surface area contributed by atoms with Gasteiger partial charge in [0.2, 0.25) is 5.13 Å². The molecular formula is C15H18ClN3OS. The minimum atomic E-state index is 0.499. The van der Waals surface area contributed by atoms with Gasteiger partial charge in [-0.2, -0.15) is 4.37 Å². The average Bonchev–Trinajstić information content (AvgIpc) is 2.93. The zero-order valence-corrected chi connectivity index (χ0v) is 13.5. The van der Waals surface area contributed by atoms with E-state index in [1.807, 2.05) is 31.2 Å². The predicted molar refractivity (Wildman–Crippen MR) is 86.5 cm³/mol. The van der Waals surface area contributed by atoms with Crippen molar-refractivity contribution in [3.8, 4) is 5.75 Å². The fraction of sp³-hybridized carbons (Fsp3) is 0.467. The molecule has 1 unspecified atom stereocenters. The summed E-state index contributed by atoms with van der Waals surface area (Å²) in [7, 11) is 0. The van der Waals surface area contributed by atoms with Gasteiger partial charge >= 0.3 is 0 Å². The second-order valence-electron chi connectivity index (χ2n) is 5.32. The van der Waals surface area contributed by atoms with Crippen molar-refractivity contribution >= 4 is 28.3 Å². The van der Waals surface area contributed by atoms with E-state index in [-0.39, 0.29) is 0 Å². The van der Waals surface area contributed by atoms with Gasteiger partial charge in [-0.15, -0.1) is 0 Å². The Labute approximate surface area is 133 Å². The van der Waals surface area contributed by atoms with Crippen LogP contribution in [0.3, 0.4) is 0 Å². The van der Waals surface area contributed by atoms with E-state index in [1.54, 1.807) is 0 Å². The Morgan fingerprint density at radius 3 is 3.05 bits per heavy atom. The molecule has 21 heavy (non-hydrogen) atoms. The fourth-order valence-corrected chi connectivity index (χ4v) is 3.46. The summed E-state index contributed by atoms with van der Waals surface area (Å²) >= 11 is 7.60. The van der Waals surface area contributed by atoms with Gasteiger partial charge in [0.1, 0.15) is 11.6 Å². The van der Waals surface area contributed by atoms with E-state index in [9.17, 15) is 0 Å². The van der Waals surface area contributed by atoms with Gasteiger partial charge in [0.05, 0.1) is 11.6 Å². The molecule has 3 rings (SSSR count). The zero-order valence-electron chi connectivity index (χ0n) is 12.0. The van der Waals surface area contributed by atoms with Crippen LogP contribution in [0.2, 0.25) is 5.02 Å². The van der Waals surface area contributed by atoms with Crippen LogP contribution in [0.5, 0.6) is 5.75 Å². The predicted octanol–water partition coefficient (Wildman–Crippen LogP) is 3.80. The van der Waals surface area contributed by atoms with Gasteiger partial charge in [-0.05, 0) is 31.9 Å². The molecule has 0 amide bonds. The first-order chi connectivity index (χ1) is 10.2. The molecule has 1 atom stereocenters. The quantitative estimate of drug-likeness (QED) is 0.858. The number of benzene rings is 1. The molecule has 0 radical (unpaired) electrons. The minimum absolute atomic E-state index is 0.499. The third kappa shape index (κ3) is 3.66. The highest BCUT2D eigenvalue weighted by Gasteiger charge is 2.23. The molecule has 0 aliphatic carbocycles. The molecule has 1 fully saturated rings. The number of halogens is 1. The zero-order chi connectivity index (χ0) is 14.7. The van der Waals surface area contributed by atoms with Crippen molar-refractivity contribution in [3.05, 3.63) is 35.1 Å². The number of nitrogens with zero attached hydrogens (tertiary/aromatic N) is 3. The number of hydrogen-bond acceptors (Lipinski definition) is 5. The summed E-state index contributed by atoms with van der Waals surface area (Å²) in [5.41, 5.74) is 0. The average molecular weight is 324 g/mol. The summed E-state index contributed by atoms with van der Waals surface area (Å²) in [6, 6.07) is 7.62. The van der Waals surface area contributed by atoms with Crippen LogP contribution in [0.15, 0.2) is 24.3 Å². The maximum Gasteiger partial charge on any atom is 0.205 e. The Hall–Kier alpha value is -1.33. The summed E-state index contributed by atoms with van der Waals surface area (Å²) in [5, 5.41) is 1.69. The smallest absolute Gasteiger partial charge is 0.205 e. The number of aryl methyl sites for hydroxylation is 1. The van der Waals surface area contributed by atoms with E-state index < -0.39 is 0 Å². The van der Waals surface area contributed by atoms with Crippen LogP contribution < -0.4 is 9.64 Å². The fourth-order valence-electron chi connectivity index (χ4n) is 2.56. The van der Waals surface area contributed by atoms with Gasteiger partial charge in [-0.3, -0.25) is 0 Å². The number of rotatable bonds is 4. The number of anilines is 1. The maximum atomic E-state index is 6.12. The molecule has 0 spiro atoms. The second-order valence-corrected chi connectivity index (χ2v) is 6.46. The molecule has 2 heterocycles. The van der Waals surface area contributed by atoms with Crippen LogP contribution in [0.4, 0.5) is 5.13 Å². The Morgan fingerprint density at radius 1 is 1.43 bits per heavy atom. The van der Waals surface area contributed by atoms with Gasteiger partial charge in [0.25, 0.3) is 0 Å². The Bertz CT molecular complexity index is 604. The lowest BCUT2D eigenvalue weighted by molar-refractivity contribution is 0.229. The third-order valence-corrected chi connectivity index (χ3v) is 4.80. The topological polar surface area (TPSA) is 38.2 Å². The van der Waals surface area contributed by atoms with Gasteiger partial charge in [-0.25, -0.2) is 4.98 Å². The molecule has 1 aliphatic rings. The lowest BCUT2D eigenvalue weighted by atomic mass is 9.99. The second kappa shape index (κ2) is 6.62. The molecule has 0 bridgehead atoms. The van der Waals surface area contributed by atoms with Gasteiger partial charge < -0.3 is 9.64 Å². The van der Waals surface area contributed by atoms with Crippen molar-refractivity contribution in [2.45, 2.75) is 19.8 Å². The van der Waals surface area contributed by atoms with Gasteiger partial charge in [0, 0.05) is 30.5 Å². The van der Waals surface area contributed by atoms with Crippen molar-refractivity contribution in [2.75, 3.05) is 24.6 Å². The highest BCUT2D eigenvalue weighted by Crippen LogP contribution is 2.27. The van der Waals surface area contributed by atoms with E-state index in [4.69, 9.17) is 16.3 Å². The summed E-state index contributed by atoms with van der Waals surface area (Å²) in [4.78, 5) is 6.79. The summed E-state index contributed by atoms with van der Waals surface area (Å²) < 4.78 is 10.1. The third-order valence-electron chi connectivity index (χ3n) is 3.62. The van der Waals surface area contributed by atoms with Crippen molar-refractivity contribution in [1.82, 2.24) is 9.36 Å². The lowest BCUT2D eigenvalue weighted by Crippen LogP contribution is -2.37. The van der Waals surface area contributed by atoms with Crippen molar-refractivity contribution in [2.24, 2.45) is 5.92 Å². The van der Waals surface area contributed by atoms with Crippen LogP contribution in [0, 0.1) is 12.8 Å². The number of aromatic nitrogens is 2. The molecule has 1 saturated heterocycles. The first-order valence-electron chi connectivity index (χ1n) is 7.15. The van der Waals surface area contributed by atoms with E-state index >= 15 is 0 Å². The standard InChI is InChI=1S/C15H18ClN3OS/c1-11-17-15(21-18-11)19-8-4-5-12(9-19)10-20-14-7-3-2-6-13(14)16/h2-3,6-7,12H,4-5,8-10H2,1H3. The highest BCUT2D eigenvalue weighted by molar-refractivity contribution is 7.09. The van der Waals surface area contributed by atoms with Crippen LogP contribution in [0.1, 0.15) is 18.7 Å². The van der Waals surface area contributed by atoms with E-state index in [0.29, 0.717) is 17.5 Å². The summed E-state index contributed by atoms with van der Waals surface area (Å²) in [6.07, 6.45) is 2.34. The first-order valence-corrected chi connectivity index (χ1v) is 8.30. The molecule has 1 aromatic heterocycles. The molecule has 2 aromatic rings. The molecule has 0 saturated carbocycles. The molecular weight excluding hydrogens is 306 g/mol. The number of para-hydroxylation sites is 1. The first kappa shape index (κ1) is 14.6. The molecule has 112 valence electrons. The normalized spacial score (nSPS) is 18.8. The van der Waals surface area contributed by atoms with Crippen LogP contribution >= 0.6 is 23.1 Å². The number of ether oxygens (including phenoxy) is 1. The molecule has 6 heteroatoms. The van der Waals surface area contributed by atoms with Gasteiger partial charge in [0.15, 0.2) is 0 Å². The highest BCUT2D eigenvalue weighted by atomic mass is 35.5. The minimum Gasteiger partial charge on any atom is -0.492 e. The largest absolute Gasteiger partial charge is 0.492 e. The van der Waals surface area contributed by atoms with Crippen LogP contribution in [-0.4, -0.2) is 29.1 Å². The van der Waals surface area contributed by atoms with Gasteiger partial charge in [-0.1, -0.05) is 23.7 Å². The lowest BCUT2D eigenvalue weighted by Gasteiger charge is -2.32. The Balaban J connectivity index is 1.58. The summed E-state index contributed by atoms with van der Waals surface area (Å²) in [6.45, 7) is 4.65. The molecule has 0 N–H and O–H groups in total. The molecule has 4 nitrogen and oxygen atoms in total. The maximum absolute atomic E-state index is 6.12. The van der Waals surface area contributed by atoms with Crippen molar-refractivity contribution < 1.29 is 4.74 Å².